The Morgan fingerprint density at radius 2 is 0.578 bits per heavy atom. The van der Waals surface area contributed by atoms with Gasteiger partial charge in [-0.25, -0.2) is 0 Å². The Hall–Kier alpha value is -8.18. The standard InChI is InChI=1S/C60H41N3Si/c1-5-21-42(22-6-1)61-54-35-16-13-31-48(54)51-34-20-38-57(58(51)61)64(45-26-9-3-10-27-45,46-28-11-4-12-29-46)47-30-19-25-44(41-47)63-56-37-18-15-33-50(56)53-40-39-52-49-32-14-17-36-55(49)62(59(52)60(53)63)43-23-7-2-8-24-43/h1-41H. The van der Waals surface area contributed by atoms with E-state index >= 15 is 0 Å². The molecule has 0 amide bonds. The molecule has 13 aromatic rings. The van der Waals surface area contributed by atoms with Gasteiger partial charge in [-0.15, -0.1) is 0 Å². The summed E-state index contributed by atoms with van der Waals surface area (Å²) in [5, 5.41) is 12.8. The summed E-state index contributed by atoms with van der Waals surface area (Å²) in [6.45, 7) is 0. The zero-order valence-corrected chi connectivity index (χ0v) is 36.0. The van der Waals surface area contributed by atoms with Crippen molar-refractivity contribution in [1.29, 1.82) is 0 Å². The normalized spacial score (nSPS) is 12.1. The highest BCUT2D eigenvalue weighted by Crippen LogP contribution is 2.42. The molecular weight excluding hydrogens is 791 g/mol. The van der Waals surface area contributed by atoms with Crippen molar-refractivity contribution in [3.05, 3.63) is 249 Å². The quantitative estimate of drug-likeness (QED) is 0.112. The van der Waals surface area contributed by atoms with Gasteiger partial charge in [0.15, 0.2) is 8.07 Å². The van der Waals surface area contributed by atoms with Gasteiger partial charge in [-0.3, -0.25) is 0 Å². The van der Waals surface area contributed by atoms with Crippen LogP contribution >= 0.6 is 0 Å². The Morgan fingerprint density at radius 1 is 0.234 bits per heavy atom. The summed E-state index contributed by atoms with van der Waals surface area (Å²) < 4.78 is 7.54. The molecule has 0 saturated carbocycles. The van der Waals surface area contributed by atoms with Crippen LogP contribution in [0.1, 0.15) is 0 Å². The van der Waals surface area contributed by atoms with Gasteiger partial charge in [0.1, 0.15) is 0 Å². The van der Waals surface area contributed by atoms with E-state index in [0.29, 0.717) is 0 Å². The summed E-state index contributed by atoms with van der Waals surface area (Å²) in [6, 6.07) is 92.5. The number of benzene rings is 10. The highest BCUT2D eigenvalue weighted by atomic mass is 28.3. The first-order valence-corrected chi connectivity index (χ1v) is 24.1. The molecule has 0 aliphatic carbocycles. The van der Waals surface area contributed by atoms with Gasteiger partial charge in [0.2, 0.25) is 0 Å². The molecule has 0 aliphatic heterocycles. The van der Waals surface area contributed by atoms with Crippen LogP contribution in [0.4, 0.5) is 0 Å². The molecule has 3 heterocycles. The lowest BCUT2D eigenvalue weighted by molar-refractivity contribution is 1.15. The van der Waals surface area contributed by atoms with E-state index in [0.717, 1.165) is 17.1 Å². The third-order valence-corrected chi connectivity index (χ3v) is 18.3. The molecule has 0 fully saturated rings. The molecule has 3 aromatic heterocycles. The molecule has 0 saturated heterocycles. The smallest absolute Gasteiger partial charge is 0.181 e. The lowest BCUT2D eigenvalue weighted by atomic mass is 10.1. The predicted molar refractivity (Wildman–Crippen MR) is 273 cm³/mol. The summed E-state index contributed by atoms with van der Waals surface area (Å²) in [5.41, 5.74) is 10.7. The van der Waals surface area contributed by atoms with Crippen molar-refractivity contribution in [3.8, 4) is 17.1 Å². The highest BCUT2D eigenvalue weighted by Gasteiger charge is 2.44. The van der Waals surface area contributed by atoms with Gasteiger partial charge >= 0.3 is 0 Å². The number of rotatable bonds is 7. The summed E-state index contributed by atoms with van der Waals surface area (Å²) >= 11 is 0. The van der Waals surface area contributed by atoms with Gasteiger partial charge in [-0.2, -0.15) is 0 Å². The van der Waals surface area contributed by atoms with Crippen LogP contribution in [-0.4, -0.2) is 21.8 Å². The molecule has 0 spiro atoms. The Morgan fingerprint density at radius 3 is 1.08 bits per heavy atom. The first kappa shape index (κ1) is 36.5. The van der Waals surface area contributed by atoms with Crippen molar-refractivity contribution in [3.63, 3.8) is 0 Å². The second kappa shape index (κ2) is 14.5. The van der Waals surface area contributed by atoms with E-state index in [9.17, 15) is 0 Å². The lowest BCUT2D eigenvalue weighted by Gasteiger charge is -2.35. The van der Waals surface area contributed by atoms with Crippen LogP contribution in [0.3, 0.4) is 0 Å². The molecule has 0 bridgehead atoms. The third-order valence-electron chi connectivity index (χ3n) is 13.5. The number of nitrogens with zero attached hydrogens (tertiary/aromatic N) is 3. The minimum atomic E-state index is -3.15. The second-order valence-electron chi connectivity index (χ2n) is 16.8. The van der Waals surface area contributed by atoms with E-state index < -0.39 is 8.07 Å². The fourth-order valence-corrected chi connectivity index (χ4v) is 16.0. The van der Waals surface area contributed by atoms with Crippen LogP contribution in [-0.2, 0) is 0 Å². The van der Waals surface area contributed by atoms with Crippen LogP contribution in [0.25, 0.3) is 82.5 Å². The Bertz CT molecular complexity index is 3840. The van der Waals surface area contributed by atoms with Gasteiger partial charge in [0.25, 0.3) is 0 Å². The summed E-state index contributed by atoms with van der Waals surface area (Å²) in [6.07, 6.45) is 0. The van der Waals surface area contributed by atoms with Crippen LogP contribution in [0.5, 0.6) is 0 Å². The first-order valence-electron chi connectivity index (χ1n) is 22.1. The van der Waals surface area contributed by atoms with Crippen LogP contribution < -0.4 is 20.7 Å². The maximum Gasteiger partial charge on any atom is 0.181 e. The van der Waals surface area contributed by atoms with Crippen molar-refractivity contribution in [1.82, 2.24) is 13.7 Å². The minimum absolute atomic E-state index is 1.14. The minimum Gasteiger partial charge on any atom is -0.309 e. The molecule has 0 aliphatic rings. The number of hydrogen-bond acceptors (Lipinski definition) is 0. The zero-order chi connectivity index (χ0) is 42.2. The van der Waals surface area contributed by atoms with Crippen molar-refractivity contribution >= 4 is 94.2 Å². The number of para-hydroxylation sites is 6. The Balaban J connectivity index is 1.19. The summed E-state index contributed by atoms with van der Waals surface area (Å²) in [4.78, 5) is 0. The van der Waals surface area contributed by atoms with E-state index in [4.69, 9.17) is 0 Å². The van der Waals surface area contributed by atoms with Crippen molar-refractivity contribution in [2.24, 2.45) is 0 Å². The van der Waals surface area contributed by atoms with Gasteiger partial charge in [-0.05, 0) is 75.3 Å². The number of hydrogen-bond donors (Lipinski definition) is 0. The molecule has 300 valence electrons. The van der Waals surface area contributed by atoms with Crippen LogP contribution in [0, 0.1) is 0 Å². The Kier molecular flexibility index (Phi) is 8.23. The first-order chi connectivity index (χ1) is 31.8. The molecular formula is C60H41N3Si. The SMILES string of the molecule is c1ccc(-n2c3ccccc3c3cccc([Si](c4ccccc4)(c4ccccc4)c4cccc(-n5c6ccccc6c6ccc7c8ccccc8n(-c8ccccc8)c7c65)c4)c32)cc1. The number of fused-ring (bicyclic) bond motifs is 10. The number of aromatic nitrogens is 3. The van der Waals surface area contributed by atoms with E-state index in [1.165, 1.54) is 86.2 Å². The maximum atomic E-state index is 2.55. The van der Waals surface area contributed by atoms with Crippen molar-refractivity contribution in [2.45, 2.75) is 0 Å². The monoisotopic (exact) mass is 831 g/mol. The van der Waals surface area contributed by atoms with Gasteiger partial charge in [0.05, 0.1) is 33.1 Å². The largest absolute Gasteiger partial charge is 0.309 e. The summed E-state index contributed by atoms with van der Waals surface area (Å²) in [7, 11) is -3.15. The van der Waals surface area contributed by atoms with E-state index in [-0.39, 0.29) is 0 Å². The highest BCUT2D eigenvalue weighted by molar-refractivity contribution is 7.20. The summed E-state index contributed by atoms with van der Waals surface area (Å²) in [5.74, 6) is 0. The molecule has 4 heteroatoms. The average molecular weight is 832 g/mol. The zero-order valence-electron chi connectivity index (χ0n) is 35.0. The molecule has 0 atom stereocenters. The average Bonchev–Trinajstić information content (AvgIpc) is 4.02. The maximum absolute atomic E-state index is 3.15. The van der Waals surface area contributed by atoms with Crippen LogP contribution in [0.15, 0.2) is 249 Å². The van der Waals surface area contributed by atoms with E-state index in [1.54, 1.807) is 0 Å². The van der Waals surface area contributed by atoms with Gasteiger partial charge in [0, 0.05) is 49.4 Å². The fourth-order valence-electron chi connectivity index (χ4n) is 11.0. The molecule has 3 nitrogen and oxygen atoms in total. The van der Waals surface area contributed by atoms with Crippen molar-refractivity contribution in [2.75, 3.05) is 0 Å². The van der Waals surface area contributed by atoms with E-state index in [1.807, 2.05) is 0 Å². The lowest BCUT2D eigenvalue weighted by Crippen LogP contribution is -2.75. The Labute approximate surface area is 372 Å². The molecule has 0 radical (unpaired) electrons. The topological polar surface area (TPSA) is 14.8 Å². The van der Waals surface area contributed by atoms with Crippen LogP contribution in [0.2, 0.25) is 0 Å². The fraction of sp³-hybridized carbons (Fsp3) is 0. The molecule has 0 N–H and O–H groups in total. The second-order valence-corrected chi connectivity index (χ2v) is 20.6. The predicted octanol–water partition coefficient (Wildman–Crippen LogP) is 12.4. The molecule has 64 heavy (non-hydrogen) atoms. The molecule has 0 unspecified atom stereocenters. The molecule has 10 aromatic carbocycles. The van der Waals surface area contributed by atoms with Gasteiger partial charge in [-0.1, -0.05) is 194 Å². The van der Waals surface area contributed by atoms with E-state index in [2.05, 4.69) is 262 Å². The molecule has 13 rings (SSSR count). The van der Waals surface area contributed by atoms with Gasteiger partial charge < -0.3 is 13.7 Å². The third kappa shape index (κ3) is 5.21. The van der Waals surface area contributed by atoms with Crippen molar-refractivity contribution < 1.29 is 0 Å².